The van der Waals surface area contributed by atoms with Crippen molar-refractivity contribution < 1.29 is 9.59 Å². The Morgan fingerprint density at radius 1 is 0.875 bits per heavy atom. The molecule has 40 heavy (non-hydrogen) atoms. The van der Waals surface area contributed by atoms with Gasteiger partial charge in [-0.3, -0.25) is 19.5 Å². The number of benzene rings is 3. The van der Waals surface area contributed by atoms with E-state index in [0.29, 0.717) is 23.6 Å². The van der Waals surface area contributed by atoms with Gasteiger partial charge in [-0.2, -0.15) is 4.80 Å². The molecule has 0 spiro atoms. The lowest BCUT2D eigenvalue weighted by Crippen LogP contribution is -2.45. The number of rotatable bonds is 9. The fourth-order valence-electron chi connectivity index (χ4n) is 4.42. The summed E-state index contributed by atoms with van der Waals surface area (Å²) in [6, 6.07) is 27.4. The van der Waals surface area contributed by atoms with Crippen LogP contribution in [0, 0.1) is 13.8 Å². The molecule has 0 fully saturated rings. The predicted octanol–water partition coefficient (Wildman–Crippen LogP) is 4.44. The molecule has 5 rings (SSSR count). The van der Waals surface area contributed by atoms with Crippen molar-refractivity contribution in [2.24, 2.45) is 0 Å². The maximum atomic E-state index is 14.1. The first-order chi connectivity index (χ1) is 19.5. The molecule has 0 saturated heterocycles. The monoisotopic (exact) mass is 531 g/mol. The number of nitrogens with zero attached hydrogens (tertiary/aromatic N) is 6. The number of nitrogens with one attached hydrogen (secondary N) is 1. The molecule has 200 valence electrons. The summed E-state index contributed by atoms with van der Waals surface area (Å²) < 4.78 is 0. The molecular weight excluding hydrogens is 502 g/mol. The second-order valence-electron chi connectivity index (χ2n) is 9.45. The Balaban J connectivity index is 1.49. The summed E-state index contributed by atoms with van der Waals surface area (Å²) in [6.07, 6.45) is 3.22. The SMILES string of the molecule is Cc1ccc(-c2nnn(CC(=O)N(c3ccccc3C)[C@@H](C(=O)NCc3ccccc3)c3ccncc3)n2)cc1. The highest BCUT2D eigenvalue weighted by atomic mass is 16.2. The van der Waals surface area contributed by atoms with Crippen LogP contribution in [-0.4, -0.2) is 37.0 Å². The quantitative estimate of drug-likeness (QED) is 0.301. The zero-order chi connectivity index (χ0) is 27.9. The van der Waals surface area contributed by atoms with Gasteiger partial charge in [-0.15, -0.1) is 10.2 Å². The molecule has 5 aromatic rings. The Hall–Kier alpha value is -5.18. The lowest BCUT2D eigenvalue weighted by atomic mass is 10.0. The lowest BCUT2D eigenvalue weighted by Gasteiger charge is -2.32. The maximum absolute atomic E-state index is 14.1. The highest BCUT2D eigenvalue weighted by Crippen LogP contribution is 2.30. The molecule has 0 bridgehead atoms. The predicted molar refractivity (Wildman–Crippen MR) is 152 cm³/mol. The molecule has 3 aromatic carbocycles. The van der Waals surface area contributed by atoms with E-state index in [4.69, 9.17) is 0 Å². The molecular formula is C31H29N7O2. The average molecular weight is 532 g/mol. The number of hydrogen-bond donors (Lipinski definition) is 1. The zero-order valence-corrected chi connectivity index (χ0v) is 22.3. The van der Waals surface area contributed by atoms with Crippen molar-refractivity contribution in [2.45, 2.75) is 33.0 Å². The van der Waals surface area contributed by atoms with Crippen molar-refractivity contribution in [3.63, 3.8) is 0 Å². The third-order valence-electron chi connectivity index (χ3n) is 6.52. The molecule has 1 atom stereocenters. The van der Waals surface area contributed by atoms with Gasteiger partial charge in [0.05, 0.1) is 0 Å². The zero-order valence-electron chi connectivity index (χ0n) is 22.3. The van der Waals surface area contributed by atoms with E-state index in [1.807, 2.05) is 92.7 Å². The minimum absolute atomic E-state index is 0.208. The van der Waals surface area contributed by atoms with E-state index in [-0.39, 0.29) is 18.4 Å². The Kier molecular flexibility index (Phi) is 8.01. The molecule has 0 unspecified atom stereocenters. The summed E-state index contributed by atoms with van der Waals surface area (Å²) in [5.74, 6) is -0.265. The van der Waals surface area contributed by atoms with Crippen molar-refractivity contribution in [1.82, 2.24) is 30.5 Å². The van der Waals surface area contributed by atoms with Gasteiger partial charge in [0.2, 0.25) is 11.7 Å². The molecule has 1 N–H and O–H groups in total. The first-order valence-electron chi connectivity index (χ1n) is 12.9. The Morgan fingerprint density at radius 3 is 2.30 bits per heavy atom. The molecule has 0 aliphatic heterocycles. The molecule has 0 radical (unpaired) electrons. The molecule has 0 aliphatic rings. The third kappa shape index (κ3) is 6.10. The number of carbonyl (C=O) groups excluding carboxylic acids is 2. The summed E-state index contributed by atoms with van der Waals surface area (Å²) in [6.45, 7) is 4.02. The van der Waals surface area contributed by atoms with E-state index in [1.165, 1.54) is 9.70 Å². The number of pyridine rings is 1. The van der Waals surface area contributed by atoms with Gasteiger partial charge in [-0.1, -0.05) is 78.4 Å². The molecule has 9 nitrogen and oxygen atoms in total. The van der Waals surface area contributed by atoms with Gasteiger partial charge in [0.15, 0.2) is 0 Å². The second-order valence-corrected chi connectivity index (χ2v) is 9.45. The smallest absolute Gasteiger partial charge is 0.251 e. The van der Waals surface area contributed by atoms with E-state index in [1.54, 1.807) is 24.5 Å². The van der Waals surface area contributed by atoms with Gasteiger partial charge in [0.1, 0.15) is 12.6 Å². The third-order valence-corrected chi connectivity index (χ3v) is 6.52. The van der Waals surface area contributed by atoms with Crippen LogP contribution in [-0.2, 0) is 22.7 Å². The molecule has 0 aliphatic carbocycles. The number of para-hydroxylation sites is 1. The number of aryl methyl sites for hydroxylation is 2. The number of amides is 2. The summed E-state index contributed by atoms with van der Waals surface area (Å²) in [7, 11) is 0. The summed E-state index contributed by atoms with van der Waals surface area (Å²) in [4.78, 5) is 34.8. The van der Waals surface area contributed by atoms with Crippen molar-refractivity contribution in [3.05, 3.63) is 126 Å². The maximum Gasteiger partial charge on any atom is 0.251 e. The van der Waals surface area contributed by atoms with Gasteiger partial charge in [0.25, 0.3) is 5.91 Å². The topological polar surface area (TPSA) is 106 Å². The first-order valence-corrected chi connectivity index (χ1v) is 12.9. The Labute approximate surface area is 232 Å². The van der Waals surface area contributed by atoms with Crippen molar-refractivity contribution in [1.29, 1.82) is 0 Å². The van der Waals surface area contributed by atoms with Crippen LogP contribution in [0.4, 0.5) is 5.69 Å². The normalized spacial score (nSPS) is 11.6. The summed E-state index contributed by atoms with van der Waals surface area (Å²) >= 11 is 0. The van der Waals surface area contributed by atoms with Gasteiger partial charge >= 0.3 is 0 Å². The van der Waals surface area contributed by atoms with E-state index in [2.05, 4.69) is 25.7 Å². The first kappa shape index (κ1) is 26.4. The molecule has 2 heterocycles. The van der Waals surface area contributed by atoms with Crippen LogP contribution in [0.5, 0.6) is 0 Å². The number of carbonyl (C=O) groups is 2. The van der Waals surface area contributed by atoms with Gasteiger partial charge < -0.3 is 5.32 Å². The minimum Gasteiger partial charge on any atom is -0.350 e. The van der Waals surface area contributed by atoms with Crippen LogP contribution in [0.2, 0.25) is 0 Å². The Bertz CT molecular complexity index is 1590. The standard InChI is InChI=1S/C31H29N7O2/c1-22-12-14-26(15-13-22)30-34-36-37(35-30)21-28(39)38(27-11-7-6-8-23(27)2)29(25-16-18-32-19-17-25)31(40)33-20-24-9-4-3-5-10-24/h3-19,29H,20-21H2,1-2H3,(H,33,40)/t29-/m1/s1. The van der Waals surface area contributed by atoms with Gasteiger partial charge in [-0.05, 0) is 54.0 Å². The van der Waals surface area contributed by atoms with E-state index >= 15 is 0 Å². The second kappa shape index (κ2) is 12.1. The fraction of sp³-hybridized carbons (Fsp3) is 0.161. The Morgan fingerprint density at radius 2 is 1.57 bits per heavy atom. The minimum atomic E-state index is -0.958. The number of hydrogen-bond acceptors (Lipinski definition) is 6. The van der Waals surface area contributed by atoms with E-state index < -0.39 is 6.04 Å². The molecule has 0 saturated carbocycles. The fourth-order valence-corrected chi connectivity index (χ4v) is 4.42. The van der Waals surface area contributed by atoms with Gasteiger partial charge in [0, 0.05) is 30.2 Å². The highest BCUT2D eigenvalue weighted by molar-refractivity contribution is 6.01. The lowest BCUT2D eigenvalue weighted by molar-refractivity contribution is -0.127. The summed E-state index contributed by atoms with van der Waals surface area (Å²) in [5, 5.41) is 15.7. The van der Waals surface area contributed by atoms with E-state index in [9.17, 15) is 9.59 Å². The number of aromatic nitrogens is 5. The van der Waals surface area contributed by atoms with Crippen molar-refractivity contribution >= 4 is 17.5 Å². The highest BCUT2D eigenvalue weighted by Gasteiger charge is 2.34. The molecule has 2 amide bonds. The van der Waals surface area contributed by atoms with Crippen LogP contribution in [0.25, 0.3) is 11.4 Å². The van der Waals surface area contributed by atoms with Crippen LogP contribution in [0.3, 0.4) is 0 Å². The van der Waals surface area contributed by atoms with Crippen molar-refractivity contribution in [2.75, 3.05) is 4.90 Å². The van der Waals surface area contributed by atoms with Crippen LogP contribution >= 0.6 is 0 Å². The molecule has 9 heteroatoms. The van der Waals surface area contributed by atoms with E-state index in [0.717, 1.165) is 22.3 Å². The van der Waals surface area contributed by atoms with Crippen LogP contribution < -0.4 is 10.2 Å². The summed E-state index contributed by atoms with van der Waals surface area (Å²) in [5.41, 5.74) is 4.96. The van der Waals surface area contributed by atoms with Crippen molar-refractivity contribution in [3.8, 4) is 11.4 Å². The van der Waals surface area contributed by atoms with Gasteiger partial charge in [-0.25, -0.2) is 0 Å². The average Bonchev–Trinajstić information content (AvgIpc) is 3.45. The van der Waals surface area contributed by atoms with Crippen LogP contribution in [0.1, 0.15) is 28.3 Å². The van der Waals surface area contributed by atoms with Crippen LogP contribution in [0.15, 0.2) is 103 Å². The molecule has 2 aromatic heterocycles. The number of tetrazole rings is 1. The largest absolute Gasteiger partial charge is 0.350 e. The number of anilines is 1.